The lowest BCUT2D eigenvalue weighted by Gasteiger charge is -2.01. The van der Waals surface area contributed by atoms with E-state index in [2.05, 4.69) is 28.1 Å². The predicted molar refractivity (Wildman–Crippen MR) is 70.6 cm³/mol. The highest BCUT2D eigenvalue weighted by atomic mass is 79.9. The number of hydrogen-bond donors (Lipinski definition) is 0. The Bertz CT molecular complexity index is 248. The lowest BCUT2D eigenvalue weighted by Crippen LogP contribution is -1.84. The first kappa shape index (κ1) is 12.4. The molecule has 0 aliphatic heterocycles. The maximum Gasteiger partial charge on any atom is 0.0406 e. The largest absolute Gasteiger partial charge is 0.157 e. The molecule has 0 unspecified atom stereocenters. The number of halogens is 2. The molecule has 0 saturated carbocycles. The molecule has 3 heteroatoms. The molecule has 0 aromatic heterocycles. The first-order valence-corrected chi connectivity index (χ1v) is 7.36. The summed E-state index contributed by atoms with van der Waals surface area (Å²) in [6, 6.07) is 8.10. The zero-order valence-electron chi connectivity index (χ0n) is 8.01. The number of rotatable bonds is 6. The van der Waals surface area contributed by atoms with Gasteiger partial charge in [-0.3, -0.25) is 0 Å². The molecule has 0 bridgehead atoms. The summed E-state index contributed by atoms with van der Waals surface area (Å²) in [4.78, 5) is 0. The van der Waals surface area contributed by atoms with Gasteiger partial charge in [0.05, 0.1) is 0 Å². The van der Waals surface area contributed by atoms with E-state index in [1.807, 2.05) is 23.9 Å². The van der Waals surface area contributed by atoms with Gasteiger partial charge in [0.15, 0.2) is 0 Å². The average Bonchev–Trinajstić information content (AvgIpc) is 2.21. The first-order chi connectivity index (χ1) is 6.83. The Labute approximate surface area is 104 Å². The van der Waals surface area contributed by atoms with Gasteiger partial charge in [-0.2, -0.15) is 11.8 Å². The fraction of sp³-hybridized carbons (Fsp3) is 0.455. The molecule has 1 aromatic rings. The molecule has 0 radical (unpaired) electrons. The highest BCUT2D eigenvalue weighted by Crippen LogP contribution is 2.16. The summed E-state index contributed by atoms with van der Waals surface area (Å²) in [6.45, 7) is 0. The van der Waals surface area contributed by atoms with Crippen LogP contribution in [0.5, 0.6) is 0 Å². The summed E-state index contributed by atoms with van der Waals surface area (Å²) in [7, 11) is 0. The molecule has 0 aliphatic rings. The van der Waals surface area contributed by atoms with Gasteiger partial charge in [-0.25, -0.2) is 0 Å². The fourth-order valence-corrected chi connectivity index (χ4v) is 2.57. The molecule has 1 aromatic carbocycles. The van der Waals surface area contributed by atoms with Gasteiger partial charge in [0, 0.05) is 16.1 Å². The number of benzene rings is 1. The van der Waals surface area contributed by atoms with Gasteiger partial charge in [0.2, 0.25) is 0 Å². The van der Waals surface area contributed by atoms with Crippen molar-refractivity contribution in [2.24, 2.45) is 0 Å². The van der Waals surface area contributed by atoms with Crippen LogP contribution in [0.1, 0.15) is 18.4 Å². The summed E-state index contributed by atoms with van der Waals surface area (Å²) < 4.78 is 0. The fourth-order valence-electron chi connectivity index (χ4n) is 1.07. The van der Waals surface area contributed by atoms with Crippen LogP contribution >= 0.6 is 39.3 Å². The van der Waals surface area contributed by atoms with E-state index < -0.39 is 0 Å². The van der Waals surface area contributed by atoms with E-state index in [-0.39, 0.29) is 0 Å². The molecule has 0 N–H and O–H groups in total. The summed E-state index contributed by atoms with van der Waals surface area (Å²) in [5, 5.41) is 1.94. The van der Waals surface area contributed by atoms with Crippen LogP contribution in [-0.4, -0.2) is 11.1 Å². The third-order valence-electron chi connectivity index (χ3n) is 1.85. The van der Waals surface area contributed by atoms with Gasteiger partial charge in [0.1, 0.15) is 0 Å². The monoisotopic (exact) mass is 292 g/mol. The minimum absolute atomic E-state index is 0.818. The molecule has 0 heterocycles. The molecule has 0 spiro atoms. The van der Waals surface area contributed by atoms with Gasteiger partial charge < -0.3 is 0 Å². The van der Waals surface area contributed by atoms with Crippen LogP contribution in [0.4, 0.5) is 0 Å². The van der Waals surface area contributed by atoms with Crippen LogP contribution in [0, 0.1) is 0 Å². The third-order valence-corrected chi connectivity index (χ3v) is 3.78. The van der Waals surface area contributed by atoms with Crippen LogP contribution in [0.15, 0.2) is 24.3 Å². The van der Waals surface area contributed by atoms with E-state index in [1.54, 1.807) is 0 Å². The Morgan fingerprint density at radius 3 is 2.50 bits per heavy atom. The second-order valence-electron chi connectivity index (χ2n) is 3.08. The standard InChI is InChI=1S/C11H14BrClS/c12-7-1-2-8-14-9-10-3-5-11(13)6-4-10/h3-6H,1-2,7-9H2. The Balaban J connectivity index is 2.15. The summed E-state index contributed by atoms with van der Waals surface area (Å²) in [6.07, 6.45) is 2.57. The van der Waals surface area contributed by atoms with E-state index in [0.29, 0.717) is 0 Å². The van der Waals surface area contributed by atoms with Gasteiger partial charge in [-0.1, -0.05) is 39.7 Å². The number of hydrogen-bond acceptors (Lipinski definition) is 1. The highest BCUT2D eigenvalue weighted by molar-refractivity contribution is 9.09. The van der Waals surface area contributed by atoms with Crippen molar-refractivity contribution < 1.29 is 0 Å². The van der Waals surface area contributed by atoms with Crippen LogP contribution < -0.4 is 0 Å². The Kier molecular flexibility index (Phi) is 6.74. The molecule has 0 amide bonds. The number of unbranched alkanes of at least 4 members (excludes halogenated alkanes) is 1. The van der Waals surface area contributed by atoms with Crippen molar-refractivity contribution >= 4 is 39.3 Å². The quantitative estimate of drug-likeness (QED) is 0.539. The third kappa shape index (κ3) is 5.28. The second kappa shape index (κ2) is 7.61. The smallest absolute Gasteiger partial charge is 0.0406 e. The minimum atomic E-state index is 0.818. The molecule has 0 atom stereocenters. The summed E-state index contributed by atoms with van der Waals surface area (Å²) in [5.74, 6) is 2.34. The minimum Gasteiger partial charge on any atom is -0.157 e. The normalized spacial score (nSPS) is 10.4. The predicted octanol–water partition coefficient (Wildman–Crippen LogP) is 4.75. The first-order valence-electron chi connectivity index (χ1n) is 4.71. The lowest BCUT2D eigenvalue weighted by atomic mass is 10.2. The Morgan fingerprint density at radius 1 is 1.14 bits per heavy atom. The van der Waals surface area contributed by atoms with Gasteiger partial charge in [-0.15, -0.1) is 0 Å². The molecule has 0 fully saturated rings. The summed E-state index contributed by atoms with van der Waals surface area (Å²) in [5.41, 5.74) is 1.36. The molecule has 0 nitrogen and oxygen atoms in total. The molecular formula is C11H14BrClS. The molecular weight excluding hydrogens is 280 g/mol. The maximum absolute atomic E-state index is 5.80. The SMILES string of the molecule is Clc1ccc(CSCCCCBr)cc1. The van der Waals surface area contributed by atoms with Gasteiger partial charge >= 0.3 is 0 Å². The van der Waals surface area contributed by atoms with E-state index in [9.17, 15) is 0 Å². The topological polar surface area (TPSA) is 0 Å². The molecule has 1 rings (SSSR count). The van der Waals surface area contributed by atoms with Crippen molar-refractivity contribution in [3.05, 3.63) is 34.9 Å². The molecule has 14 heavy (non-hydrogen) atoms. The van der Waals surface area contributed by atoms with Crippen LogP contribution in [0.3, 0.4) is 0 Å². The zero-order chi connectivity index (χ0) is 10.2. The molecule has 78 valence electrons. The average molecular weight is 294 g/mol. The van der Waals surface area contributed by atoms with Crippen molar-refractivity contribution in [3.8, 4) is 0 Å². The van der Waals surface area contributed by atoms with Crippen molar-refractivity contribution in [2.75, 3.05) is 11.1 Å². The highest BCUT2D eigenvalue weighted by Gasteiger charge is 1.94. The summed E-state index contributed by atoms with van der Waals surface area (Å²) >= 11 is 11.2. The maximum atomic E-state index is 5.80. The number of thioether (sulfide) groups is 1. The van der Waals surface area contributed by atoms with Crippen LogP contribution in [-0.2, 0) is 5.75 Å². The van der Waals surface area contributed by atoms with Crippen LogP contribution in [0.25, 0.3) is 0 Å². The lowest BCUT2D eigenvalue weighted by molar-refractivity contribution is 0.912. The Morgan fingerprint density at radius 2 is 1.86 bits per heavy atom. The second-order valence-corrected chi connectivity index (χ2v) is 5.41. The van der Waals surface area contributed by atoms with Crippen molar-refractivity contribution in [2.45, 2.75) is 18.6 Å². The number of alkyl halides is 1. The van der Waals surface area contributed by atoms with E-state index in [4.69, 9.17) is 11.6 Å². The van der Waals surface area contributed by atoms with Crippen LogP contribution in [0.2, 0.25) is 5.02 Å². The zero-order valence-corrected chi connectivity index (χ0v) is 11.2. The van der Waals surface area contributed by atoms with Gasteiger partial charge in [-0.05, 0) is 36.3 Å². The molecule has 0 aliphatic carbocycles. The van der Waals surface area contributed by atoms with E-state index in [1.165, 1.54) is 24.2 Å². The Hall–Kier alpha value is 0.340. The molecule has 0 saturated heterocycles. The van der Waals surface area contributed by atoms with E-state index in [0.717, 1.165) is 16.1 Å². The van der Waals surface area contributed by atoms with Crippen molar-refractivity contribution in [1.29, 1.82) is 0 Å². The van der Waals surface area contributed by atoms with E-state index >= 15 is 0 Å². The van der Waals surface area contributed by atoms with Crippen molar-refractivity contribution in [3.63, 3.8) is 0 Å². The van der Waals surface area contributed by atoms with Crippen molar-refractivity contribution in [1.82, 2.24) is 0 Å². The van der Waals surface area contributed by atoms with Gasteiger partial charge in [0.25, 0.3) is 0 Å².